The SMILES string of the molecule is COc1ccc([C@H]2CCCCCN2CC(=O)Nc2c(C)cccc2C)cc1. The van der Waals surface area contributed by atoms with Gasteiger partial charge in [0.1, 0.15) is 5.75 Å². The molecule has 0 unspecified atom stereocenters. The fourth-order valence-electron chi connectivity index (χ4n) is 3.94. The van der Waals surface area contributed by atoms with Crippen molar-refractivity contribution in [2.45, 2.75) is 45.6 Å². The molecule has 27 heavy (non-hydrogen) atoms. The van der Waals surface area contributed by atoms with Crippen LogP contribution in [0.4, 0.5) is 5.69 Å². The first-order valence-corrected chi connectivity index (χ1v) is 9.82. The molecule has 4 nitrogen and oxygen atoms in total. The standard InChI is InChI=1S/C23H30N2O2/c1-17-8-7-9-18(2)23(17)24-22(26)16-25-15-6-4-5-10-21(25)19-11-13-20(27-3)14-12-19/h7-9,11-14,21H,4-6,10,15-16H2,1-3H3,(H,24,26)/t21-/m1/s1. The van der Waals surface area contributed by atoms with Crippen molar-refractivity contribution in [2.75, 3.05) is 25.5 Å². The molecule has 1 N–H and O–H groups in total. The highest BCUT2D eigenvalue weighted by Gasteiger charge is 2.24. The first kappa shape index (κ1) is 19.4. The Morgan fingerprint density at radius 1 is 1.07 bits per heavy atom. The number of carbonyl (C=O) groups is 1. The molecule has 0 radical (unpaired) electrons. The van der Waals surface area contributed by atoms with E-state index in [1.54, 1.807) is 7.11 Å². The van der Waals surface area contributed by atoms with Crippen LogP contribution in [0.25, 0.3) is 0 Å². The molecule has 2 aromatic carbocycles. The smallest absolute Gasteiger partial charge is 0.238 e. The Labute approximate surface area is 162 Å². The number of ether oxygens (including phenoxy) is 1. The summed E-state index contributed by atoms with van der Waals surface area (Å²) in [6.45, 7) is 5.45. The van der Waals surface area contributed by atoms with Crippen molar-refractivity contribution < 1.29 is 9.53 Å². The summed E-state index contributed by atoms with van der Waals surface area (Å²) in [4.78, 5) is 15.1. The van der Waals surface area contributed by atoms with E-state index in [1.807, 2.05) is 44.2 Å². The van der Waals surface area contributed by atoms with Gasteiger partial charge < -0.3 is 10.1 Å². The average molecular weight is 367 g/mol. The molecular formula is C23H30N2O2. The Balaban J connectivity index is 1.74. The zero-order valence-electron chi connectivity index (χ0n) is 16.6. The zero-order chi connectivity index (χ0) is 19.2. The fraction of sp³-hybridized carbons (Fsp3) is 0.435. The van der Waals surface area contributed by atoms with Crippen LogP contribution in [0.2, 0.25) is 0 Å². The molecule has 1 amide bonds. The van der Waals surface area contributed by atoms with E-state index in [0.29, 0.717) is 6.54 Å². The lowest BCUT2D eigenvalue weighted by Gasteiger charge is -2.30. The zero-order valence-corrected chi connectivity index (χ0v) is 16.6. The minimum absolute atomic E-state index is 0.0628. The highest BCUT2D eigenvalue weighted by molar-refractivity contribution is 5.93. The molecule has 1 fully saturated rings. The van der Waals surface area contributed by atoms with E-state index in [1.165, 1.54) is 18.4 Å². The molecule has 1 heterocycles. The molecule has 144 valence electrons. The maximum Gasteiger partial charge on any atom is 0.238 e. The molecule has 3 rings (SSSR count). The normalized spacial score (nSPS) is 18.0. The lowest BCUT2D eigenvalue weighted by Crippen LogP contribution is -2.36. The number of nitrogens with one attached hydrogen (secondary N) is 1. The van der Waals surface area contributed by atoms with Crippen LogP contribution in [0.5, 0.6) is 5.75 Å². The van der Waals surface area contributed by atoms with E-state index in [4.69, 9.17) is 4.74 Å². The van der Waals surface area contributed by atoms with E-state index < -0.39 is 0 Å². The van der Waals surface area contributed by atoms with Gasteiger partial charge in [-0.2, -0.15) is 0 Å². The predicted molar refractivity (Wildman–Crippen MR) is 110 cm³/mol. The van der Waals surface area contributed by atoms with Crippen molar-refractivity contribution >= 4 is 11.6 Å². The number of hydrogen-bond acceptors (Lipinski definition) is 3. The second-order valence-corrected chi connectivity index (χ2v) is 7.42. The number of para-hydroxylation sites is 1. The van der Waals surface area contributed by atoms with Crippen LogP contribution in [0.1, 0.15) is 48.4 Å². The van der Waals surface area contributed by atoms with Gasteiger partial charge in [0, 0.05) is 11.7 Å². The molecule has 1 aliphatic heterocycles. The number of hydrogen-bond donors (Lipinski definition) is 1. The van der Waals surface area contributed by atoms with Crippen molar-refractivity contribution in [1.82, 2.24) is 4.90 Å². The number of rotatable bonds is 5. The molecule has 4 heteroatoms. The van der Waals surface area contributed by atoms with Crippen LogP contribution in [-0.4, -0.2) is 31.0 Å². The number of nitrogens with zero attached hydrogens (tertiary/aromatic N) is 1. The maximum absolute atomic E-state index is 12.8. The van der Waals surface area contributed by atoms with Gasteiger partial charge in [-0.15, -0.1) is 0 Å². The monoisotopic (exact) mass is 366 g/mol. The summed E-state index contributed by atoms with van der Waals surface area (Å²) in [7, 11) is 1.69. The summed E-state index contributed by atoms with van der Waals surface area (Å²) in [5, 5.41) is 3.14. The van der Waals surface area contributed by atoms with Crippen LogP contribution >= 0.6 is 0 Å². The van der Waals surface area contributed by atoms with Crippen LogP contribution < -0.4 is 10.1 Å². The Bertz CT molecular complexity index is 750. The number of aryl methyl sites for hydroxylation is 2. The molecular weight excluding hydrogens is 336 g/mol. The van der Waals surface area contributed by atoms with Gasteiger partial charge in [-0.1, -0.05) is 43.2 Å². The van der Waals surface area contributed by atoms with Gasteiger partial charge in [0.2, 0.25) is 5.91 Å². The topological polar surface area (TPSA) is 41.6 Å². The van der Waals surface area contributed by atoms with Gasteiger partial charge in [0.05, 0.1) is 13.7 Å². The van der Waals surface area contributed by atoms with Crippen LogP contribution in [0, 0.1) is 13.8 Å². The minimum Gasteiger partial charge on any atom is -0.497 e. The third-order valence-electron chi connectivity index (χ3n) is 5.46. The van der Waals surface area contributed by atoms with Gasteiger partial charge in [-0.05, 0) is 62.1 Å². The molecule has 0 aromatic heterocycles. The van der Waals surface area contributed by atoms with E-state index in [2.05, 4.69) is 22.3 Å². The Kier molecular flexibility index (Phi) is 6.51. The summed E-state index contributed by atoms with van der Waals surface area (Å²) in [5.74, 6) is 0.930. The molecule has 1 atom stereocenters. The van der Waals surface area contributed by atoms with Gasteiger partial charge >= 0.3 is 0 Å². The van der Waals surface area contributed by atoms with E-state index in [9.17, 15) is 4.79 Å². The molecule has 0 saturated carbocycles. The number of methoxy groups -OCH3 is 1. The van der Waals surface area contributed by atoms with Gasteiger partial charge in [-0.25, -0.2) is 0 Å². The highest BCUT2D eigenvalue weighted by Crippen LogP contribution is 2.31. The second-order valence-electron chi connectivity index (χ2n) is 7.42. The first-order chi connectivity index (χ1) is 13.1. The third kappa shape index (κ3) is 4.89. The summed E-state index contributed by atoms with van der Waals surface area (Å²) >= 11 is 0. The minimum atomic E-state index is 0.0628. The number of amides is 1. The summed E-state index contributed by atoms with van der Waals surface area (Å²) in [6.07, 6.45) is 4.65. The van der Waals surface area contributed by atoms with Crippen molar-refractivity contribution in [2.24, 2.45) is 0 Å². The van der Waals surface area contributed by atoms with Crippen molar-refractivity contribution in [3.05, 3.63) is 59.2 Å². The molecule has 0 bridgehead atoms. The molecule has 1 aliphatic rings. The number of likely N-dealkylation sites (tertiary alicyclic amines) is 1. The highest BCUT2D eigenvalue weighted by atomic mass is 16.5. The summed E-state index contributed by atoms with van der Waals surface area (Å²) < 4.78 is 5.28. The largest absolute Gasteiger partial charge is 0.497 e. The fourth-order valence-corrected chi connectivity index (χ4v) is 3.94. The second kappa shape index (κ2) is 9.05. The maximum atomic E-state index is 12.8. The quantitative estimate of drug-likeness (QED) is 0.821. The average Bonchev–Trinajstić information content (AvgIpc) is 2.90. The molecule has 0 aliphatic carbocycles. The lowest BCUT2D eigenvalue weighted by atomic mass is 10.0. The van der Waals surface area contributed by atoms with E-state index in [0.717, 1.165) is 42.0 Å². The van der Waals surface area contributed by atoms with Crippen molar-refractivity contribution in [3.63, 3.8) is 0 Å². The van der Waals surface area contributed by atoms with E-state index >= 15 is 0 Å². The number of benzene rings is 2. The van der Waals surface area contributed by atoms with Crippen LogP contribution in [0.15, 0.2) is 42.5 Å². The van der Waals surface area contributed by atoms with Crippen molar-refractivity contribution in [3.8, 4) is 5.75 Å². The third-order valence-corrected chi connectivity index (χ3v) is 5.46. The Morgan fingerprint density at radius 2 is 1.78 bits per heavy atom. The van der Waals surface area contributed by atoms with Gasteiger partial charge in [0.25, 0.3) is 0 Å². The molecule has 1 saturated heterocycles. The van der Waals surface area contributed by atoms with Crippen LogP contribution in [0.3, 0.4) is 0 Å². The lowest BCUT2D eigenvalue weighted by molar-refractivity contribution is -0.117. The molecule has 2 aromatic rings. The summed E-state index contributed by atoms with van der Waals surface area (Å²) in [6, 6.07) is 14.7. The first-order valence-electron chi connectivity index (χ1n) is 9.82. The van der Waals surface area contributed by atoms with Gasteiger partial charge in [0.15, 0.2) is 0 Å². The Morgan fingerprint density at radius 3 is 2.44 bits per heavy atom. The van der Waals surface area contributed by atoms with Gasteiger partial charge in [-0.3, -0.25) is 9.69 Å². The summed E-state index contributed by atoms with van der Waals surface area (Å²) in [5.41, 5.74) is 4.41. The number of anilines is 1. The predicted octanol–water partition coefficient (Wildman–Crippen LogP) is 4.87. The van der Waals surface area contributed by atoms with Crippen LogP contribution in [-0.2, 0) is 4.79 Å². The van der Waals surface area contributed by atoms with Crippen molar-refractivity contribution in [1.29, 1.82) is 0 Å². The van der Waals surface area contributed by atoms with E-state index in [-0.39, 0.29) is 11.9 Å². The molecule has 0 spiro atoms. The number of carbonyl (C=O) groups excluding carboxylic acids is 1. The Hall–Kier alpha value is -2.33.